The summed E-state index contributed by atoms with van der Waals surface area (Å²) in [5.41, 5.74) is -0.364. The van der Waals surface area contributed by atoms with Crippen LogP contribution in [0, 0.1) is 5.41 Å². The number of rotatable bonds is 2. The summed E-state index contributed by atoms with van der Waals surface area (Å²) in [6, 6.07) is 0. The molecule has 3 rings (SSSR count). The minimum Gasteiger partial charge on any atom is -0.467 e. The largest absolute Gasteiger partial charge is 0.467 e. The van der Waals surface area contributed by atoms with Crippen molar-refractivity contribution in [2.75, 3.05) is 19.0 Å². The van der Waals surface area contributed by atoms with Crippen molar-refractivity contribution in [2.24, 2.45) is 5.41 Å². The molecule has 3 fully saturated rings. The van der Waals surface area contributed by atoms with Gasteiger partial charge in [0.15, 0.2) is 5.60 Å². The summed E-state index contributed by atoms with van der Waals surface area (Å²) in [6.45, 7) is 0.688. The minimum absolute atomic E-state index is 0.212. The molecular weight excluding hydrogens is 224 g/mol. The van der Waals surface area contributed by atoms with Gasteiger partial charge >= 0.3 is 5.97 Å². The number of hydrogen-bond acceptors (Lipinski definition) is 3. The lowest BCUT2D eigenvalue weighted by atomic mass is 9.64. The predicted octanol–water partition coefficient (Wildman–Crippen LogP) is 1.10. The molecule has 2 saturated heterocycles. The average molecular weight is 235 g/mol. The van der Waals surface area contributed by atoms with Crippen LogP contribution in [0.2, 0.25) is 0 Å². The molecule has 0 aromatic rings. The fourth-order valence-electron chi connectivity index (χ4n) is 2.18. The third kappa shape index (κ3) is 0.879. The summed E-state index contributed by atoms with van der Waals surface area (Å²) in [7, 11) is 1.41. The highest BCUT2D eigenvalue weighted by atomic mass is 79.9. The van der Waals surface area contributed by atoms with Gasteiger partial charge in [0.2, 0.25) is 0 Å². The van der Waals surface area contributed by atoms with Gasteiger partial charge in [-0.1, -0.05) is 15.9 Å². The van der Waals surface area contributed by atoms with Crippen LogP contribution in [0.3, 0.4) is 0 Å². The zero-order valence-corrected chi connectivity index (χ0v) is 8.52. The van der Waals surface area contributed by atoms with E-state index in [9.17, 15) is 4.79 Å². The van der Waals surface area contributed by atoms with Gasteiger partial charge in [0.1, 0.15) is 0 Å². The number of methoxy groups -OCH3 is 1. The van der Waals surface area contributed by atoms with E-state index in [1.807, 2.05) is 0 Å². The molecule has 3 nitrogen and oxygen atoms in total. The monoisotopic (exact) mass is 234 g/mol. The number of esters is 1. The van der Waals surface area contributed by atoms with E-state index in [2.05, 4.69) is 20.7 Å². The van der Waals surface area contributed by atoms with Crippen molar-refractivity contribution in [3.8, 4) is 0 Å². The molecule has 0 aromatic heterocycles. The molecule has 68 valence electrons. The summed E-state index contributed by atoms with van der Waals surface area (Å²) >= 11 is 3.43. The van der Waals surface area contributed by atoms with Crippen LogP contribution in [0.5, 0.6) is 0 Å². The van der Waals surface area contributed by atoms with E-state index in [0.717, 1.165) is 18.2 Å². The molecule has 0 N–H and O–H groups in total. The third-order valence-electron chi connectivity index (χ3n) is 2.82. The van der Waals surface area contributed by atoms with Gasteiger partial charge in [-0.15, -0.1) is 0 Å². The first-order valence-electron chi connectivity index (χ1n) is 3.95. The maximum absolute atomic E-state index is 11.3. The summed E-state index contributed by atoms with van der Waals surface area (Å²) in [5.74, 6) is -0.212. The van der Waals surface area contributed by atoms with Crippen molar-refractivity contribution >= 4 is 21.9 Å². The van der Waals surface area contributed by atoms with Crippen LogP contribution in [0.4, 0.5) is 0 Å². The van der Waals surface area contributed by atoms with Crippen LogP contribution in [0.1, 0.15) is 12.8 Å². The smallest absolute Gasteiger partial charge is 0.338 e. The SMILES string of the molecule is COC(=O)C12CC(CBr)(CO1)C2. The number of carbonyl (C=O) groups is 1. The molecular formula is C8H11BrO3. The first-order chi connectivity index (χ1) is 5.66. The standard InChI is InChI=1S/C8H11BrO3/c1-11-6(10)8-2-7(3-8,4-9)5-12-8/h2-5H2,1H3. The molecule has 1 saturated carbocycles. The van der Waals surface area contributed by atoms with Crippen molar-refractivity contribution in [1.82, 2.24) is 0 Å². The zero-order valence-electron chi connectivity index (χ0n) is 6.93. The molecule has 2 heterocycles. The Labute approximate surface area is 79.5 Å². The summed E-state index contributed by atoms with van der Waals surface area (Å²) in [4.78, 5) is 11.3. The highest BCUT2D eigenvalue weighted by Crippen LogP contribution is 2.58. The molecule has 12 heavy (non-hydrogen) atoms. The molecule has 1 aliphatic carbocycles. The second kappa shape index (κ2) is 2.45. The van der Waals surface area contributed by atoms with Crippen LogP contribution in [0.25, 0.3) is 0 Å². The number of hydrogen-bond donors (Lipinski definition) is 0. The van der Waals surface area contributed by atoms with Crippen molar-refractivity contribution in [2.45, 2.75) is 18.4 Å². The number of fused-ring (bicyclic) bond motifs is 1. The van der Waals surface area contributed by atoms with Crippen LogP contribution < -0.4 is 0 Å². The lowest BCUT2D eigenvalue weighted by molar-refractivity contribution is -0.167. The van der Waals surface area contributed by atoms with E-state index in [-0.39, 0.29) is 11.4 Å². The predicted molar refractivity (Wildman–Crippen MR) is 46.2 cm³/mol. The highest BCUT2D eigenvalue weighted by Gasteiger charge is 2.66. The molecule has 0 aromatic carbocycles. The van der Waals surface area contributed by atoms with E-state index in [1.165, 1.54) is 7.11 Å². The average Bonchev–Trinajstić information content (AvgIpc) is 2.57. The minimum atomic E-state index is -0.581. The van der Waals surface area contributed by atoms with Crippen LogP contribution in [0.15, 0.2) is 0 Å². The highest BCUT2D eigenvalue weighted by molar-refractivity contribution is 9.09. The Morgan fingerprint density at radius 3 is 2.75 bits per heavy atom. The fraction of sp³-hybridized carbons (Fsp3) is 0.875. The maximum atomic E-state index is 11.3. The van der Waals surface area contributed by atoms with Crippen molar-refractivity contribution in [3.63, 3.8) is 0 Å². The second-order valence-corrected chi connectivity index (χ2v) is 4.32. The quantitative estimate of drug-likeness (QED) is 0.531. The Balaban J connectivity index is 2.09. The van der Waals surface area contributed by atoms with Crippen molar-refractivity contribution < 1.29 is 14.3 Å². The molecule has 0 spiro atoms. The summed E-state index contributed by atoms with van der Waals surface area (Å²) < 4.78 is 10.1. The normalized spacial score (nSPS) is 43.8. The van der Waals surface area contributed by atoms with E-state index >= 15 is 0 Å². The molecule has 0 atom stereocenters. The number of carbonyl (C=O) groups excluding carboxylic acids is 1. The lowest BCUT2D eigenvalue weighted by Gasteiger charge is -2.41. The van der Waals surface area contributed by atoms with E-state index in [4.69, 9.17) is 4.74 Å². The first-order valence-corrected chi connectivity index (χ1v) is 5.07. The molecule has 3 aliphatic rings. The molecule has 0 unspecified atom stereocenters. The number of halogens is 1. The van der Waals surface area contributed by atoms with Gasteiger partial charge in [0.25, 0.3) is 0 Å². The Bertz CT molecular complexity index is 220. The molecule has 2 aliphatic heterocycles. The summed E-state index contributed by atoms with van der Waals surface area (Å²) in [5, 5.41) is 0.915. The lowest BCUT2D eigenvalue weighted by Crippen LogP contribution is -2.51. The van der Waals surface area contributed by atoms with E-state index in [1.54, 1.807) is 0 Å². The van der Waals surface area contributed by atoms with Gasteiger partial charge < -0.3 is 9.47 Å². The van der Waals surface area contributed by atoms with Gasteiger partial charge in [-0.05, 0) is 12.8 Å². The fourth-order valence-corrected chi connectivity index (χ4v) is 2.74. The Hall–Kier alpha value is -0.0900. The van der Waals surface area contributed by atoms with Gasteiger partial charge in [0.05, 0.1) is 13.7 Å². The van der Waals surface area contributed by atoms with Gasteiger partial charge in [-0.25, -0.2) is 4.79 Å². The molecule has 0 amide bonds. The number of alkyl halides is 1. The van der Waals surface area contributed by atoms with Crippen LogP contribution in [-0.4, -0.2) is 30.6 Å². The zero-order chi connectivity index (χ0) is 8.82. The van der Waals surface area contributed by atoms with Crippen molar-refractivity contribution in [1.29, 1.82) is 0 Å². The van der Waals surface area contributed by atoms with Crippen molar-refractivity contribution in [3.05, 3.63) is 0 Å². The van der Waals surface area contributed by atoms with Crippen LogP contribution >= 0.6 is 15.9 Å². The molecule has 2 bridgehead atoms. The Kier molecular flexibility index (Phi) is 1.74. The Morgan fingerprint density at radius 1 is 1.67 bits per heavy atom. The van der Waals surface area contributed by atoms with Crippen LogP contribution in [-0.2, 0) is 14.3 Å². The first kappa shape index (κ1) is 8.51. The molecule has 0 radical (unpaired) electrons. The maximum Gasteiger partial charge on any atom is 0.338 e. The van der Waals surface area contributed by atoms with Gasteiger partial charge in [0, 0.05) is 10.7 Å². The third-order valence-corrected chi connectivity index (χ3v) is 4.01. The molecule has 4 heteroatoms. The van der Waals surface area contributed by atoms with Gasteiger partial charge in [-0.3, -0.25) is 0 Å². The second-order valence-electron chi connectivity index (χ2n) is 3.76. The van der Waals surface area contributed by atoms with Gasteiger partial charge in [-0.2, -0.15) is 0 Å². The Morgan fingerprint density at radius 2 is 2.33 bits per heavy atom. The van der Waals surface area contributed by atoms with E-state index in [0.29, 0.717) is 6.61 Å². The summed E-state index contributed by atoms with van der Waals surface area (Å²) in [6.07, 6.45) is 1.63. The van der Waals surface area contributed by atoms with E-state index < -0.39 is 5.60 Å². The number of ether oxygens (including phenoxy) is 2. The topological polar surface area (TPSA) is 35.5 Å².